The van der Waals surface area contributed by atoms with Crippen LogP contribution in [0.15, 0.2) is 58.8 Å². The van der Waals surface area contributed by atoms with Crippen LogP contribution in [0.1, 0.15) is 18.1 Å². The minimum atomic E-state index is -0.249. The lowest BCUT2D eigenvalue weighted by Crippen LogP contribution is -2.21. The molecule has 1 aliphatic rings. The second-order valence-electron chi connectivity index (χ2n) is 5.74. The normalized spacial score (nSPS) is 16.6. The molecule has 0 N–H and O–H groups in total. The molecule has 0 bridgehead atoms. The largest absolute Gasteiger partial charge is 0.213 e. The molecule has 120 valence electrons. The van der Waals surface area contributed by atoms with Gasteiger partial charge in [0.1, 0.15) is 5.82 Å². The predicted octanol–water partition coefficient (Wildman–Crippen LogP) is 4.14. The Labute approximate surface area is 143 Å². The van der Waals surface area contributed by atoms with Gasteiger partial charge in [0.15, 0.2) is 5.82 Å². The first kappa shape index (κ1) is 15.1. The van der Waals surface area contributed by atoms with E-state index in [1.807, 2.05) is 25.1 Å². The van der Waals surface area contributed by atoms with Crippen molar-refractivity contribution in [1.29, 1.82) is 0 Å². The number of aryl methyl sites for hydroxylation is 1. The number of fused-ring (bicyclic) bond motifs is 1. The van der Waals surface area contributed by atoms with Crippen LogP contribution in [0.25, 0.3) is 11.4 Å². The summed E-state index contributed by atoms with van der Waals surface area (Å²) in [6.07, 6.45) is 0. The Hall–Kier alpha value is -2.47. The van der Waals surface area contributed by atoms with Gasteiger partial charge in [-0.25, -0.2) is 4.39 Å². The minimum absolute atomic E-state index is 0.123. The first-order chi connectivity index (χ1) is 11.6. The van der Waals surface area contributed by atoms with E-state index >= 15 is 0 Å². The van der Waals surface area contributed by atoms with Crippen molar-refractivity contribution in [3.63, 3.8) is 0 Å². The smallest absolute Gasteiger partial charge is 0.207 e. The number of nitrogens with zero attached hydrogens (tertiary/aromatic N) is 4. The van der Waals surface area contributed by atoms with Gasteiger partial charge in [-0.1, -0.05) is 47.7 Å². The monoisotopic (exact) mass is 338 g/mol. The van der Waals surface area contributed by atoms with E-state index in [4.69, 9.17) is 5.10 Å². The molecule has 0 aliphatic carbocycles. The van der Waals surface area contributed by atoms with Crippen LogP contribution in [-0.4, -0.2) is 25.8 Å². The molecule has 0 saturated heterocycles. The number of aromatic nitrogens is 3. The Bertz CT molecular complexity index is 930. The summed E-state index contributed by atoms with van der Waals surface area (Å²) >= 11 is 1.60. The molecule has 1 aliphatic heterocycles. The Morgan fingerprint density at radius 1 is 1.04 bits per heavy atom. The zero-order chi connectivity index (χ0) is 16.7. The molecule has 2 heterocycles. The zero-order valence-corrected chi connectivity index (χ0v) is 14.1. The predicted molar refractivity (Wildman–Crippen MR) is 93.8 cm³/mol. The van der Waals surface area contributed by atoms with Crippen LogP contribution in [0.5, 0.6) is 0 Å². The maximum absolute atomic E-state index is 13.2. The lowest BCUT2D eigenvalue weighted by atomic mass is 10.1. The number of rotatable bonds is 2. The van der Waals surface area contributed by atoms with Crippen LogP contribution in [0, 0.1) is 12.7 Å². The molecule has 0 radical (unpaired) electrons. The Morgan fingerprint density at radius 3 is 2.58 bits per heavy atom. The molecular formula is C18H15FN4S. The summed E-state index contributed by atoms with van der Waals surface area (Å²) in [6, 6.07) is 14.5. The van der Waals surface area contributed by atoms with Gasteiger partial charge in [-0.15, -0.1) is 10.2 Å². The molecular weight excluding hydrogens is 323 g/mol. The molecule has 2 aromatic carbocycles. The van der Waals surface area contributed by atoms with E-state index in [-0.39, 0.29) is 11.1 Å². The van der Waals surface area contributed by atoms with Crippen molar-refractivity contribution in [2.24, 2.45) is 5.10 Å². The summed E-state index contributed by atoms with van der Waals surface area (Å²) in [6.45, 7) is 4.11. The lowest BCUT2D eigenvalue weighted by Gasteiger charge is -2.20. The molecule has 1 atom stereocenters. The SMILES string of the molecule is Cc1cccc(-c2nnc3n2N=C(c2ccc(F)cc2)[C@@H](C)S3)c1. The van der Waals surface area contributed by atoms with Gasteiger partial charge in [0.25, 0.3) is 0 Å². The highest BCUT2D eigenvalue weighted by Crippen LogP contribution is 2.32. The van der Waals surface area contributed by atoms with Crippen LogP contribution in [-0.2, 0) is 0 Å². The highest BCUT2D eigenvalue weighted by Gasteiger charge is 2.26. The molecule has 3 aromatic rings. The second-order valence-corrected chi connectivity index (χ2v) is 7.05. The van der Waals surface area contributed by atoms with E-state index in [1.54, 1.807) is 28.6 Å². The van der Waals surface area contributed by atoms with Crippen LogP contribution in [0.4, 0.5) is 4.39 Å². The summed E-state index contributed by atoms with van der Waals surface area (Å²) in [5, 5.41) is 14.2. The van der Waals surface area contributed by atoms with E-state index in [2.05, 4.69) is 23.2 Å². The fourth-order valence-electron chi connectivity index (χ4n) is 2.71. The highest BCUT2D eigenvalue weighted by atomic mass is 32.2. The third-order valence-corrected chi connectivity index (χ3v) is 4.95. The minimum Gasteiger partial charge on any atom is -0.207 e. The van der Waals surface area contributed by atoms with Crippen LogP contribution in [0.2, 0.25) is 0 Å². The van der Waals surface area contributed by atoms with Crippen molar-refractivity contribution in [2.45, 2.75) is 24.3 Å². The molecule has 4 nitrogen and oxygen atoms in total. The Kier molecular flexibility index (Phi) is 3.69. The zero-order valence-electron chi connectivity index (χ0n) is 13.3. The molecule has 0 unspecified atom stereocenters. The first-order valence-electron chi connectivity index (χ1n) is 7.66. The van der Waals surface area contributed by atoms with Crippen molar-refractivity contribution in [3.05, 3.63) is 65.5 Å². The topological polar surface area (TPSA) is 43.1 Å². The number of hydrogen-bond acceptors (Lipinski definition) is 4. The average molecular weight is 338 g/mol. The summed E-state index contributed by atoms with van der Waals surface area (Å²) in [7, 11) is 0. The van der Waals surface area contributed by atoms with Gasteiger partial charge in [0.2, 0.25) is 5.16 Å². The van der Waals surface area contributed by atoms with Crippen molar-refractivity contribution in [3.8, 4) is 11.4 Å². The number of hydrogen-bond donors (Lipinski definition) is 0. The number of benzene rings is 2. The van der Waals surface area contributed by atoms with Gasteiger partial charge in [0.05, 0.1) is 11.0 Å². The molecule has 0 fully saturated rings. The van der Waals surface area contributed by atoms with Gasteiger partial charge in [-0.2, -0.15) is 9.78 Å². The fourth-order valence-corrected chi connectivity index (χ4v) is 3.64. The third kappa shape index (κ3) is 2.63. The van der Waals surface area contributed by atoms with E-state index in [9.17, 15) is 4.39 Å². The Morgan fingerprint density at radius 2 is 1.83 bits per heavy atom. The van der Waals surface area contributed by atoms with E-state index < -0.39 is 0 Å². The van der Waals surface area contributed by atoms with Gasteiger partial charge >= 0.3 is 0 Å². The summed E-state index contributed by atoms with van der Waals surface area (Å²) in [4.78, 5) is 0. The molecule has 4 rings (SSSR count). The van der Waals surface area contributed by atoms with Crippen molar-refractivity contribution in [2.75, 3.05) is 0 Å². The van der Waals surface area contributed by atoms with Crippen molar-refractivity contribution >= 4 is 17.5 Å². The quantitative estimate of drug-likeness (QED) is 0.705. The molecule has 0 saturated carbocycles. The highest BCUT2D eigenvalue weighted by molar-refractivity contribution is 8.00. The van der Waals surface area contributed by atoms with Gasteiger partial charge in [-0.3, -0.25) is 0 Å². The average Bonchev–Trinajstić information content (AvgIpc) is 2.97. The van der Waals surface area contributed by atoms with Crippen molar-refractivity contribution in [1.82, 2.24) is 14.9 Å². The molecule has 0 amide bonds. The molecule has 0 spiro atoms. The van der Waals surface area contributed by atoms with Gasteiger partial charge < -0.3 is 0 Å². The van der Waals surface area contributed by atoms with Crippen molar-refractivity contribution < 1.29 is 4.39 Å². The third-order valence-electron chi connectivity index (χ3n) is 3.90. The van der Waals surface area contributed by atoms with E-state index in [0.717, 1.165) is 27.6 Å². The lowest BCUT2D eigenvalue weighted by molar-refractivity contribution is 0.627. The van der Waals surface area contributed by atoms with Crippen LogP contribution >= 0.6 is 11.8 Å². The van der Waals surface area contributed by atoms with E-state index in [1.165, 1.54) is 12.1 Å². The molecule has 24 heavy (non-hydrogen) atoms. The second kappa shape index (κ2) is 5.87. The maximum Gasteiger partial charge on any atom is 0.213 e. The summed E-state index contributed by atoms with van der Waals surface area (Å²) in [5.74, 6) is 0.466. The first-order valence-corrected chi connectivity index (χ1v) is 8.54. The van der Waals surface area contributed by atoms with Gasteiger partial charge in [-0.05, 0) is 37.6 Å². The number of halogens is 1. The van der Waals surface area contributed by atoms with Crippen LogP contribution in [0.3, 0.4) is 0 Å². The molecule has 1 aromatic heterocycles. The van der Waals surface area contributed by atoms with Crippen LogP contribution < -0.4 is 0 Å². The fraction of sp³-hybridized carbons (Fsp3) is 0.167. The standard InChI is InChI=1S/C18H15FN4S/c1-11-4-3-5-14(10-11)17-20-21-18-23(17)22-16(12(2)24-18)13-6-8-15(19)9-7-13/h3-10,12H,1-2H3/t12-/m1/s1. The Balaban J connectivity index is 1.83. The maximum atomic E-state index is 13.2. The molecule has 6 heteroatoms. The summed E-state index contributed by atoms with van der Waals surface area (Å²) < 4.78 is 15.0. The van der Waals surface area contributed by atoms with E-state index in [0.29, 0.717) is 5.82 Å². The van der Waals surface area contributed by atoms with Gasteiger partial charge in [0, 0.05) is 5.56 Å². The summed E-state index contributed by atoms with van der Waals surface area (Å²) in [5.41, 5.74) is 3.93. The number of thioether (sulfide) groups is 1.